The smallest absolute Gasteiger partial charge is 0.227 e. The van der Waals surface area contributed by atoms with Crippen molar-refractivity contribution in [1.82, 2.24) is 4.90 Å². The highest BCUT2D eigenvalue weighted by Gasteiger charge is 2.18. The summed E-state index contributed by atoms with van der Waals surface area (Å²) in [4.78, 5) is 15.5. The van der Waals surface area contributed by atoms with Gasteiger partial charge in [-0.15, -0.1) is 0 Å². The highest BCUT2D eigenvalue weighted by Crippen LogP contribution is 2.34. The normalized spacial score (nSPS) is 10.5. The molecule has 0 spiro atoms. The Kier molecular flexibility index (Phi) is 7.61. The summed E-state index contributed by atoms with van der Waals surface area (Å²) in [5, 5.41) is 0. The van der Waals surface area contributed by atoms with Gasteiger partial charge in [0.2, 0.25) is 5.91 Å². The highest BCUT2D eigenvalue weighted by atomic mass is 16.5. The molecule has 0 saturated heterocycles. The van der Waals surface area contributed by atoms with Gasteiger partial charge < -0.3 is 14.4 Å². The van der Waals surface area contributed by atoms with Crippen molar-refractivity contribution in [3.63, 3.8) is 0 Å². The third-order valence-corrected chi connectivity index (χ3v) is 5.84. The molecule has 4 heteroatoms. The van der Waals surface area contributed by atoms with Crippen LogP contribution in [0.25, 0.3) is 11.1 Å². The number of hydrogen-bond donors (Lipinski definition) is 0. The number of nitrogens with zero attached hydrogens (tertiary/aromatic N) is 1. The van der Waals surface area contributed by atoms with Gasteiger partial charge in [-0.3, -0.25) is 4.79 Å². The van der Waals surface area contributed by atoms with E-state index in [-0.39, 0.29) is 5.91 Å². The molecule has 4 aromatic rings. The maximum Gasteiger partial charge on any atom is 0.227 e. The number of amides is 1. The molecule has 0 heterocycles. The lowest BCUT2D eigenvalue weighted by molar-refractivity contribution is -0.131. The van der Waals surface area contributed by atoms with Crippen LogP contribution in [0.1, 0.15) is 16.7 Å². The maximum atomic E-state index is 13.6. The van der Waals surface area contributed by atoms with Gasteiger partial charge in [-0.2, -0.15) is 0 Å². The molecule has 4 aromatic carbocycles. The van der Waals surface area contributed by atoms with E-state index in [0.29, 0.717) is 31.0 Å². The number of ether oxygens (including phenoxy) is 2. The summed E-state index contributed by atoms with van der Waals surface area (Å²) in [7, 11) is 3.25. The van der Waals surface area contributed by atoms with Crippen molar-refractivity contribution in [2.24, 2.45) is 0 Å². The second kappa shape index (κ2) is 11.2. The molecule has 0 saturated carbocycles. The number of rotatable bonds is 9. The molecule has 0 aliphatic heterocycles. The fraction of sp³-hybridized carbons (Fsp3) is 0.167. The molecule has 0 aliphatic carbocycles. The lowest BCUT2D eigenvalue weighted by Gasteiger charge is -2.24. The van der Waals surface area contributed by atoms with Crippen LogP contribution in [0, 0.1) is 0 Å². The minimum absolute atomic E-state index is 0.0839. The Morgan fingerprint density at radius 2 is 1.24 bits per heavy atom. The lowest BCUT2D eigenvalue weighted by Crippen LogP contribution is -2.31. The number of carbonyl (C=O) groups excluding carboxylic acids is 1. The van der Waals surface area contributed by atoms with Gasteiger partial charge in [0.15, 0.2) is 11.5 Å². The Balaban J connectivity index is 1.62. The topological polar surface area (TPSA) is 38.8 Å². The van der Waals surface area contributed by atoms with Crippen LogP contribution in [0.5, 0.6) is 11.5 Å². The molecule has 4 nitrogen and oxygen atoms in total. The van der Waals surface area contributed by atoms with Crippen molar-refractivity contribution in [3.8, 4) is 22.6 Å². The van der Waals surface area contributed by atoms with Gasteiger partial charge >= 0.3 is 0 Å². The molecule has 172 valence electrons. The van der Waals surface area contributed by atoms with Crippen molar-refractivity contribution >= 4 is 5.91 Å². The first-order valence-electron chi connectivity index (χ1n) is 11.3. The quantitative estimate of drug-likeness (QED) is 0.307. The van der Waals surface area contributed by atoms with E-state index >= 15 is 0 Å². The number of benzene rings is 4. The second-order valence-electron chi connectivity index (χ2n) is 8.12. The van der Waals surface area contributed by atoms with Crippen LogP contribution in [0.4, 0.5) is 0 Å². The van der Waals surface area contributed by atoms with Crippen LogP contribution in [0.15, 0.2) is 103 Å². The maximum absolute atomic E-state index is 13.6. The Morgan fingerprint density at radius 1 is 0.676 bits per heavy atom. The third kappa shape index (κ3) is 5.65. The average Bonchev–Trinajstić information content (AvgIpc) is 2.89. The van der Waals surface area contributed by atoms with E-state index < -0.39 is 0 Å². The molecule has 0 fully saturated rings. The molecule has 0 aromatic heterocycles. The number of carbonyl (C=O) groups is 1. The van der Waals surface area contributed by atoms with Gasteiger partial charge in [-0.05, 0) is 39.9 Å². The molecule has 0 N–H and O–H groups in total. The van der Waals surface area contributed by atoms with Crippen LogP contribution >= 0.6 is 0 Å². The van der Waals surface area contributed by atoms with E-state index in [4.69, 9.17) is 9.47 Å². The van der Waals surface area contributed by atoms with E-state index in [2.05, 4.69) is 24.3 Å². The molecule has 0 atom stereocenters. The first-order chi connectivity index (χ1) is 16.7. The zero-order valence-electron chi connectivity index (χ0n) is 19.6. The van der Waals surface area contributed by atoms with Gasteiger partial charge in [0, 0.05) is 13.1 Å². The van der Waals surface area contributed by atoms with Crippen molar-refractivity contribution in [2.45, 2.75) is 19.5 Å². The van der Waals surface area contributed by atoms with Crippen molar-refractivity contribution in [3.05, 3.63) is 120 Å². The van der Waals surface area contributed by atoms with E-state index in [1.54, 1.807) is 14.2 Å². The predicted molar refractivity (Wildman–Crippen MR) is 136 cm³/mol. The summed E-state index contributed by atoms with van der Waals surface area (Å²) in [6.45, 7) is 1.13. The van der Waals surface area contributed by atoms with Crippen LogP contribution in [-0.4, -0.2) is 25.0 Å². The number of methoxy groups -OCH3 is 2. The van der Waals surface area contributed by atoms with E-state index in [0.717, 1.165) is 27.8 Å². The SMILES string of the molecule is COc1ccc(-c2ccccc2CC(=O)N(Cc2ccccc2)Cc2ccccc2)cc1OC. The first kappa shape index (κ1) is 23.1. The Labute approximate surface area is 201 Å². The minimum Gasteiger partial charge on any atom is -0.493 e. The van der Waals surface area contributed by atoms with Gasteiger partial charge in [0.1, 0.15) is 0 Å². The fourth-order valence-corrected chi connectivity index (χ4v) is 4.07. The predicted octanol–water partition coefficient (Wildman–Crippen LogP) is 6.14. The van der Waals surface area contributed by atoms with Crippen molar-refractivity contribution < 1.29 is 14.3 Å². The number of hydrogen-bond acceptors (Lipinski definition) is 3. The Bertz CT molecular complexity index is 1180. The summed E-state index contributed by atoms with van der Waals surface area (Å²) in [5.74, 6) is 1.42. The van der Waals surface area contributed by atoms with Crippen molar-refractivity contribution in [2.75, 3.05) is 14.2 Å². The minimum atomic E-state index is 0.0839. The third-order valence-electron chi connectivity index (χ3n) is 5.84. The molecule has 0 aliphatic rings. The molecule has 1 amide bonds. The van der Waals surface area contributed by atoms with Crippen LogP contribution < -0.4 is 9.47 Å². The zero-order chi connectivity index (χ0) is 23.8. The van der Waals surface area contributed by atoms with Gasteiger partial charge in [0.25, 0.3) is 0 Å². The van der Waals surface area contributed by atoms with Gasteiger partial charge in [-0.25, -0.2) is 0 Å². The summed E-state index contributed by atoms with van der Waals surface area (Å²) in [6, 6.07) is 34.1. The van der Waals surface area contributed by atoms with E-state index in [1.807, 2.05) is 83.8 Å². The van der Waals surface area contributed by atoms with Crippen molar-refractivity contribution in [1.29, 1.82) is 0 Å². The van der Waals surface area contributed by atoms with Crippen LogP contribution in [0.3, 0.4) is 0 Å². The highest BCUT2D eigenvalue weighted by molar-refractivity contribution is 5.82. The molecule has 0 unspecified atom stereocenters. The Morgan fingerprint density at radius 3 is 1.82 bits per heavy atom. The molecule has 4 rings (SSSR count). The summed E-state index contributed by atoms with van der Waals surface area (Å²) in [5.41, 5.74) is 5.20. The van der Waals surface area contributed by atoms with Crippen LogP contribution in [0.2, 0.25) is 0 Å². The van der Waals surface area contributed by atoms with Crippen LogP contribution in [-0.2, 0) is 24.3 Å². The van der Waals surface area contributed by atoms with Gasteiger partial charge in [0.05, 0.1) is 20.6 Å². The first-order valence-corrected chi connectivity index (χ1v) is 11.3. The summed E-state index contributed by atoms with van der Waals surface area (Å²) in [6.07, 6.45) is 0.310. The largest absolute Gasteiger partial charge is 0.493 e. The molecule has 0 radical (unpaired) electrons. The molecule has 0 bridgehead atoms. The zero-order valence-corrected chi connectivity index (χ0v) is 19.6. The average molecular weight is 452 g/mol. The van der Waals surface area contributed by atoms with Gasteiger partial charge in [-0.1, -0.05) is 91.0 Å². The Hall–Kier alpha value is -4.05. The van der Waals surface area contributed by atoms with E-state index in [1.165, 1.54) is 0 Å². The van der Waals surface area contributed by atoms with E-state index in [9.17, 15) is 4.79 Å². The monoisotopic (exact) mass is 451 g/mol. The molecular formula is C30H29NO3. The second-order valence-corrected chi connectivity index (χ2v) is 8.12. The fourth-order valence-electron chi connectivity index (χ4n) is 4.07. The molecular weight excluding hydrogens is 422 g/mol. The summed E-state index contributed by atoms with van der Waals surface area (Å²) < 4.78 is 10.9. The standard InChI is InChI=1S/C30H29NO3/c1-33-28-18-17-26(19-29(28)34-2)27-16-10-9-15-25(27)20-30(32)31(21-23-11-5-3-6-12-23)22-24-13-7-4-8-14-24/h3-19H,20-22H2,1-2H3. The molecule has 34 heavy (non-hydrogen) atoms. The lowest BCUT2D eigenvalue weighted by atomic mass is 9.96. The summed E-state index contributed by atoms with van der Waals surface area (Å²) >= 11 is 0.